The Balaban J connectivity index is 1.65. The third-order valence-corrected chi connectivity index (χ3v) is 6.33. The zero-order chi connectivity index (χ0) is 23.8. The van der Waals surface area contributed by atoms with Gasteiger partial charge in [0.25, 0.3) is 5.78 Å². The molecule has 0 radical (unpaired) electrons. The molecule has 0 bridgehead atoms. The van der Waals surface area contributed by atoms with E-state index in [1.807, 2.05) is 6.92 Å². The molecule has 0 spiro atoms. The van der Waals surface area contributed by atoms with Gasteiger partial charge in [0.15, 0.2) is 11.5 Å². The van der Waals surface area contributed by atoms with Crippen LogP contribution in [0.25, 0.3) is 5.76 Å². The first-order valence-corrected chi connectivity index (χ1v) is 11.5. The first kappa shape index (κ1) is 21.9. The molecule has 2 aromatic carbocycles. The molecule has 2 aliphatic heterocycles. The number of fused-ring (bicyclic) bond motifs is 1. The van der Waals surface area contributed by atoms with Crippen molar-refractivity contribution < 1.29 is 28.9 Å². The molecule has 34 heavy (non-hydrogen) atoms. The number of aliphatic hydroxyl groups is 1. The van der Waals surface area contributed by atoms with Crippen LogP contribution in [-0.4, -0.2) is 46.8 Å². The van der Waals surface area contributed by atoms with Crippen LogP contribution in [-0.2, 0) is 9.59 Å². The van der Waals surface area contributed by atoms with Crippen LogP contribution < -0.4 is 19.1 Å². The van der Waals surface area contributed by atoms with Crippen molar-refractivity contribution in [3.8, 4) is 17.2 Å². The number of ketones is 1. The number of benzene rings is 2. The molecular formula is C24H21N3O6S. The lowest BCUT2D eigenvalue weighted by molar-refractivity contribution is -0.132. The fourth-order valence-electron chi connectivity index (χ4n) is 3.99. The van der Waals surface area contributed by atoms with Gasteiger partial charge in [0.2, 0.25) is 5.13 Å². The first-order chi connectivity index (χ1) is 16.5. The Morgan fingerprint density at radius 2 is 1.85 bits per heavy atom. The van der Waals surface area contributed by atoms with Crippen molar-refractivity contribution in [2.45, 2.75) is 19.9 Å². The Morgan fingerprint density at radius 1 is 1.12 bits per heavy atom. The summed E-state index contributed by atoms with van der Waals surface area (Å²) >= 11 is 1.19. The van der Waals surface area contributed by atoms with E-state index < -0.39 is 17.7 Å². The fourth-order valence-corrected chi connectivity index (χ4v) is 4.70. The molecule has 1 atom stereocenters. The molecule has 1 amide bonds. The molecule has 3 heterocycles. The van der Waals surface area contributed by atoms with Crippen LogP contribution in [0.1, 0.15) is 29.1 Å². The smallest absolute Gasteiger partial charge is 0.301 e. The standard InChI is InChI=1S/C24H21N3O6S/c1-3-31-16-7-4-14(5-8-16)20-19(22(29)23(30)27(20)24-26-25-13(2)34-24)21(28)15-6-9-17-18(12-15)33-11-10-32-17/h4-9,12,20,28H,3,10-11H2,1-2H3/b21-19+/t20-/m1/s1. The molecule has 1 saturated heterocycles. The average Bonchev–Trinajstić information content (AvgIpc) is 3.39. The molecule has 5 rings (SSSR count). The number of hydrogen-bond acceptors (Lipinski definition) is 9. The van der Waals surface area contributed by atoms with E-state index in [9.17, 15) is 14.7 Å². The number of hydrogen-bond donors (Lipinski definition) is 1. The highest BCUT2D eigenvalue weighted by atomic mass is 32.1. The molecule has 3 aromatic rings. The number of aryl methyl sites for hydroxylation is 1. The van der Waals surface area contributed by atoms with Gasteiger partial charge in [-0.05, 0) is 49.7 Å². The van der Waals surface area contributed by atoms with Gasteiger partial charge in [-0.2, -0.15) is 0 Å². The molecule has 174 valence electrons. The van der Waals surface area contributed by atoms with Crippen molar-refractivity contribution in [1.29, 1.82) is 0 Å². The van der Waals surface area contributed by atoms with Crippen LogP contribution >= 0.6 is 11.3 Å². The van der Waals surface area contributed by atoms with Gasteiger partial charge in [-0.1, -0.05) is 23.5 Å². The van der Waals surface area contributed by atoms with Gasteiger partial charge in [-0.25, -0.2) is 0 Å². The molecule has 0 aliphatic carbocycles. The molecule has 10 heteroatoms. The van der Waals surface area contributed by atoms with E-state index in [-0.39, 0.29) is 16.5 Å². The number of Topliss-reactive ketones (excluding diaryl/α,β-unsaturated/α-hetero) is 1. The van der Waals surface area contributed by atoms with E-state index in [0.717, 1.165) is 0 Å². The van der Waals surface area contributed by atoms with Crippen molar-refractivity contribution >= 4 is 33.9 Å². The second-order valence-electron chi connectivity index (χ2n) is 7.63. The summed E-state index contributed by atoms with van der Waals surface area (Å²) in [5.41, 5.74) is 0.917. The maximum atomic E-state index is 13.2. The van der Waals surface area contributed by atoms with E-state index in [4.69, 9.17) is 14.2 Å². The summed E-state index contributed by atoms with van der Waals surface area (Å²) < 4.78 is 16.7. The van der Waals surface area contributed by atoms with Crippen LogP contribution in [0.15, 0.2) is 48.0 Å². The summed E-state index contributed by atoms with van der Waals surface area (Å²) in [6.45, 7) is 4.96. The Bertz CT molecular complexity index is 1300. The highest BCUT2D eigenvalue weighted by molar-refractivity contribution is 7.15. The monoisotopic (exact) mass is 479 g/mol. The fraction of sp³-hybridized carbons (Fsp3) is 0.250. The van der Waals surface area contributed by atoms with Crippen LogP contribution in [0, 0.1) is 6.92 Å². The summed E-state index contributed by atoms with van der Waals surface area (Å²) in [4.78, 5) is 27.7. The molecule has 1 aromatic heterocycles. The van der Waals surface area contributed by atoms with Gasteiger partial charge >= 0.3 is 5.91 Å². The van der Waals surface area contributed by atoms with Crippen LogP contribution in [0.4, 0.5) is 5.13 Å². The van der Waals surface area contributed by atoms with Gasteiger partial charge in [0.1, 0.15) is 29.7 Å². The van der Waals surface area contributed by atoms with E-state index in [2.05, 4.69) is 10.2 Å². The average molecular weight is 480 g/mol. The summed E-state index contributed by atoms with van der Waals surface area (Å²) in [6, 6.07) is 11.0. The van der Waals surface area contributed by atoms with E-state index in [0.29, 0.717) is 53.2 Å². The zero-order valence-corrected chi connectivity index (χ0v) is 19.3. The van der Waals surface area contributed by atoms with Gasteiger partial charge in [0.05, 0.1) is 18.2 Å². The topological polar surface area (TPSA) is 111 Å². The summed E-state index contributed by atoms with van der Waals surface area (Å²) in [6.07, 6.45) is 0. The Morgan fingerprint density at radius 3 is 2.53 bits per heavy atom. The summed E-state index contributed by atoms with van der Waals surface area (Å²) in [7, 11) is 0. The van der Waals surface area contributed by atoms with Crippen molar-refractivity contribution in [1.82, 2.24) is 10.2 Å². The van der Waals surface area contributed by atoms with Crippen molar-refractivity contribution in [3.63, 3.8) is 0 Å². The lowest BCUT2D eigenvalue weighted by atomic mass is 9.95. The van der Waals surface area contributed by atoms with E-state index >= 15 is 0 Å². The summed E-state index contributed by atoms with van der Waals surface area (Å²) in [5, 5.41) is 20.3. The predicted molar refractivity (Wildman–Crippen MR) is 124 cm³/mol. The third-order valence-electron chi connectivity index (χ3n) is 5.49. The van der Waals surface area contributed by atoms with Gasteiger partial charge < -0.3 is 19.3 Å². The number of nitrogens with zero attached hydrogens (tertiary/aromatic N) is 3. The van der Waals surface area contributed by atoms with Gasteiger partial charge in [-0.3, -0.25) is 14.5 Å². The van der Waals surface area contributed by atoms with Crippen molar-refractivity contribution in [2.75, 3.05) is 24.7 Å². The largest absolute Gasteiger partial charge is 0.507 e. The highest BCUT2D eigenvalue weighted by Crippen LogP contribution is 2.44. The number of anilines is 1. The molecular weight excluding hydrogens is 458 g/mol. The number of carbonyl (C=O) groups excluding carboxylic acids is 2. The zero-order valence-electron chi connectivity index (χ0n) is 18.5. The maximum absolute atomic E-state index is 13.2. The second-order valence-corrected chi connectivity index (χ2v) is 8.79. The third kappa shape index (κ3) is 3.75. The quantitative estimate of drug-likeness (QED) is 0.335. The molecule has 0 unspecified atom stereocenters. The minimum atomic E-state index is -0.892. The minimum absolute atomic E-state index is 0.0429. The Kier molecular flexibility index (Phi) is 5.66. The van der Waals surface area contributed by atoms with Crippen LogP contribution in [0.3, 0.4) is 0 Å². The number of rotatable bonds is 5. The maximum Gasteiger partial charge on any atom is 0.301 e. The SMILES string of the molecule is CCOc1ccc([C@@H]2/C(=C(\O)c3ccc4c(c3)OCCO4)C(=O)C(=O)N2c2nnc(C)s2)cc1. The number of aliphatic hydroxyl groups excluding tert-OH is 1. The van der Waals surface area contributed by atoms with Gasteiger partial charge in [0, 0.05) is 5.56 Å². The van der Waals surface area contributed by atoms with Crippen molar-refractivity contribution in [3.05, 3.63) is 64.2 Å². The van der Waals surface area contributed by atoms with Crippen LogP contribution in [0.2, 0.25) is 0 Å². The highest BCUT2D eigenvalue weighted by Gasteiger charge is 2.48. The second kappa shape index (κ2) is 8.79. The van der Waals surface area contributed by atoms with Crippen LogP contribution in [0.5, 0.6) is 17.2 Å². The first-order valence-electron chi connectivity index (χ1n) is 10.7. The lowest BCUT2D eigenvalue weighted by Gasteiger charge is -2.23. The number of aromatic nitrogens is 2. The molecule has 1 N–H and O–H groups in total. The molecule has 9 nitrogen and oxygen atoms in total. The normalized spacial score (nSPS) is 18.9. The molecule has 1 fully saturated rings. The molecule has 0 saturated carbocycles. The number of amides is 1. The lowest BCUT2D eigenvalue weighted by Crippen LogP contribution is -2.29. The predicted octanol–water partition coefficient (Wildman–Crippen LogP) is 3.64. The minimum Gasteiger partial charge on any atom is -0.507 e. The Labute approximate surface area is 199 Å². The number of carbonyl (C=O) groups is 2. The van der Waals surface area contributed by atoms with Crippen molar-refractivity contribution in [2.24, 2.45) is 0 Å². The van der Waals surface area contributed by atoms with E-state index in [1.54, 1.807) is 49.4 Å². The summed E-state index contributed by atoms with van der Waals surface area (Å²) in [5.74, 6) is -0.231. The van der Waals surface area contributed by atoms with E-state index in [1.165, 1.54) is 16.2 Å². The molecule has 2 aliphatic rings. The number of ether oxygens (including phenoxy) is 3. The Hall–Kier alpha value is -3.92. The van der Waals surface area contributed by atoms with Gasteiger partial charge in [-0.15, -0.1) is 10.2 Å².